The average molecular weight is 515 g/mol. The molecule has 184 valence electrons. The molecule has 0 bridgehead atoms. The Kier molecular flexibility index (Phi) is 8.14. The van der Waals surface area contributed by atoms with Gasteiger partial charge in [-0.2, -0.15) is 0 Å². The Morgan fingerprint density at radius 1 is 1.09 bits per heavy atom. The van der Waals surface area contributed by atoms with E-state index in [2.05, 4.69) is 11.9 Å². The van der Waals surface area contributed by atoms with Gasteiger partial charge in [0.25, 0.3) is 5.91 Å². The zero-order valence-electron chi connectivity index (χ0n) is 19.2. The minimum Gasteiger partial charge on any atom is -0.451 e. The molecule has 6 nitrogen and oxygen atoms in total. The molecule has 2 saturated carbocycles. The van der Waals surface area contributed by atoms with Crippen LogP contribution in [0.5, 0.6) is 0 Å². The van der Waals surface area contributed by atoms with Gasteiger partial charge in [0.05, 0.1) is 0 Å². The van der Waals surface area contributed by atoms with Gasteiger partial charge in [-0.25, -0.2) is 4.79 Å². The fourth-order valence-corrected chi connectivity index (χ4v) is 5.01. The number of ether oxygens (including phenoxy) is 1. The molecule has 2 aromatic rings. The van der Waals surface area contributed by atoms with Crippen molar-refractivity contribution in [2.24, 2.45) is 11.8 Å². The second-order valence-corrected chi connectivity index (χ2v) is 9.76. The van der Waals surface area contributed by atoms with Crippen LogP contribution in [0.25, 0.3) is 0 Å². The van der Waals surface area contributed by atoms with Gasteiger partial charge in [0, 0.05) is 5.88 Å². The van der Waals surface area contributed by atoms with Crippen LogP contribution in [0.1, 0.15) is 36.5 Å². The van der Waals surface area contributed by atoms with Gasteiger partial charge in [-0.3, -0.25) is 9.59 Å². The zero-order chi connectivity index (χ0) is 24.9. The van der Waals surface area contributed by atoms with E-state index in [1.807, 2.05) is 60.7 Å². The first-order valence-electron chi connectivity index (χ1n) is 11.7. The normalized spacial score (nSPS) is 24.5. The van der Waals surface area contributed by atoms with Crippen LogP contribution >= 0.6 is 23.2 Å². The van der Waals surface area contributed by atoms with Gasteiger partial charge in [0.15, 0.2) is 12.1 Å². The van der Waals surface area contributed by atoms with Crippen LogP contribution in [0.2, 0.25) is 0 Å². The molecule has 5 unspecified atom stereocenters. The lowest BCUT2D eigenvalue weighted by atomic mass is 9.98. The first-order chi connectivity index (χ1) is 17.0. The monoisotopic (exact) mass is 514 g/mol. The first-order valence-corrected chi connectivity index (χ1v) is 12.6. The highest BCUT2D eigenvalue weighted by atomic mass is 35.5. The Labute approximate surface area is 215 Å². The van der Waals surface area contributed by atoms with Gasteiger partial charge < -0.3 is 15.0 Å². The molecule has 0 aromatic heterocycles. The number of esters is 1. The van der Waals surface area contributed by atoms with Crippen molar-refractivity contribution in [3.05, 3.63) is 83.9 Å². The highest BCUT2D eigenvalue weighted by Crippen LogP contribution is 2.55. The van der Waals surface area contributed by atoms with E-state index in [0.717, 1.165) is 16.0 Å². The molecule has 1 aliphatic heterocycles. The molecule has 0 spiro atoms. The summed E-state index contributed by atoms with van der Waals surface area (Å²) in [6.07, 6.45) is 4.40. The van der Waals surface area contributed by atoms with E-state index >= 15 is 0 Å². The maximum Gasteiger partial charge on any atom is 0.334 e. The van der Waals surface area contributed by atoms with Crippen molar-refractivity contribution in [3.8, 4) is 0 Å². The molecule has 3 aliphatic rings. The SMILES string of the molecule is C1CC2CC12.C=C(CCl)C(C(=O)OC(c1ccccc1)c1ccccc1)N1C(=O)C(NC=O)C1Cl. The number of amides is 2. The lowest BCUT2D eigenvalue weighted by molar-refractivity contribution is -0.165. The largest absolute Gasteiger partial charge is 0.451 e. The summed E-state index contributed by atoms with van der Waals surface area (Å²) in [6.45, 7) is 3.81. The van der Waals surface area contributed by atoms with Crippen LogP contribution in [-0.2, 0) is 19.1 Å². The second kappa shape index (κ2) is 11.3. The summed E-state index contributed by atoms with van der Waals surface area (Å²) >= 11 is 12.2. The van der Waals surface area contributed by atoms with Crippen LogP contribution in [0.15, 0.2) is 72.8 Å². The van der Waals surface area contributed by atoms with Crippen molar-refractivity contribution >= 4 is 41.5 Å². The van der Waals surface area contributed by atoms with Gasteiger partial charge in [0.2, 0.25) is 6.41 Å². The van der Waals surface area contributed by atoms with Crippen molar-refractivity contribution in [1.82, 2.24) is 10.2 Å². The highest BCUT2D eigenvalue weighted by Gasteiger charge is 2.52. The molecule has 5 rings (SSSR count). The lowest BCUT2D eigenvalue weighted by Crippen LogP contribution is -2.71. The minimum atomic E-state index is -1.17. The summed E-state index contributed by atoms with van der Waals surface area (Å²) < 4.78 is 5.86. The Morgan fingerprint density at radius 3 is 2.00 bits per heavy atom. The van der Waals surface area contributed by atoms with Gasteiger partial charge in [-0.1, -0.05) is 78.8 Å². The average Bonchev–Trinajstić information content (AvgIpc) is 3.49. The third-order valence-corrected chi connectivity index (χ3v) is 7.59. The maximum absolute atomic E-state index is 13.2. The molecule has 1 heterocycles. The summed E-state index contributed by atoms with van der Waals surface area (Å²) in [4.78, 5) is 37.5. The van der Waals surface area contributed by atoms with Gasteiger partial charge in [-0.15, -0.1) is 11.6 Å². The standard InChI is InChI=1S/C22H20Cl2N2O4.C5H8/c1-14(12-23)18(26-20(24)17(21(26)28)25-13-27)22(29)30-19(15-8-4-2-5-9-15)16-10-6-3-7-11-16;1-2-5-3-4(1)5/h2-11,13,17-20H,1,12H2,(H,25,27);4-5H,1-3H2. The van der Waals surface area contributed by atoms with Crippen molar-refractivity contribution in [2.45, 2.75) is 43.0 Å². The minimum absolute atomic E-state index is 0.0692. The van der Waals surface area contributed by atoms with Crippen LogP contribution in [0, 0.1) is 11.8 Å². The van der Waals surface area contributed by atoms with Crippen LogP contribution < -0.4 is 5.32 Å². The predicted molar refractivity (Wildman–Crippen MR) is 135 cm³/mol. The molecule has 2 aliphatic carbocycles. The highest BCUT2D eigenvalue weighted by molar-refractivity contribution is 6.27. The number of halogens is 2. The number of β-lactam (4-membered cyclic amide) rings is 1. The molecular formula is C27H28Cl2N2O4. The number of nitrogens with zero attached hydrogens (tertiary/aromatic N) is 1. The number of likely N-dealkylation sites (tertiary alicyclic amines) is 1. The number of rotatable bonds is 9. The van der Waals surface area contributed by atoms with E-state index in [1.165, 1.54) is 11.8 Å². The first kappa shape index (κ1) is 25.3. The molecule has 1 saturated heterocycles. The molecule has 35 heavy (non-hydrogen) atoms. The van der Waals surface area contributed by atoms with Crippen LogP contribution in [-0.4, -0.2) is 46.7 Å². The van der Waals surface area contributed by atoms with E-state index in [0.29, 0.717) is 6.41 Å². The van der Waals surface area contributed by atoms with E-state index in [-0.39, 0.29) is 11.5 Å². The van der Waals surface area contributed by atoms with E-state index in [9.17, 15) is 14.4 Å². The molecular weight excluding hydrogens is 487 g/mol. The smallest absolute Gasteiger partial charge is 0.334 e. The Hall–Kier alpha value is -2.83. The van der Waals surface area contributed by atoms with Gasteiger partial charge in [0.1, 0.15) is 11.5 Å². The molecule has 5 atom stereocenters. The maximum atomic E-state index is 13.2. The second-order valence-electron chi connectivity index (χ2n) is 9.05. The Bertz CT molecular complexity index is 1010. The van der Waals surface area contributed by atoms with Gasteiger partial charge >= 0.3 is 5.97 Å². The molecule has 8 heteroatoms. The lowest BCUT2D eigenvalue weighted by Gasteiger charge is -2.46. The fourth-order valence-electron chi connectivity index (χ4n) is 4.47. The summed E-state index contributed by atoms with van der Waals surface area (Å²) in [5.41, 5.74) is 0.882. The number of hydrogen-bond donors (Lipinski definition) is 1. The van der Waals surface area contributed by atoms with Crippen molar-refractivity contribution in [3.63, 3.8) is 0 Å². The number of carbonyl (C=O) groups is 3. The Balaban J connectivity index is 0.000000502. The summed E-state index contributed by atoms with van der Waals surface area (Å²) in [7, 11) is 0. The van der Waals surface area contributed by atoms with E-state index in [4.69, 9.17) is 27.9 Å². The number of hydrogen-bond acceptors (Lipinski definition) is 4. The van der Waals surface area contributed by atoms with Crippen molar-refractivity contribution < 1.29 is 19.1 Å². The van der Waals surface area contributed by atoms with Crippen molar-refractivity contribution in [1.29, 1.82) is 0 Å². The number of alkyl halides is 2. The topological polar surface area (TPSA) is 75.7 Å². The molecule has 2 aromatic carbocycles. The number of benzene rings is 2. The van der Waals surface area contributed by atoms with Crippen LogP contribution in [0.4, 0.5) is 0 Å². The van der Waals surface area contributed by atoms with Gasteiger partial charge in [-0.05, 0) is 47.8 Å². The van der Waals surface area contributed by atoms with E-state index < -0.39 is 35.6 Å². The molecule has 1 N–H and O–H groups in total. The Morgan fingerprint density at radius 2 is 1.63 bits per heavy atom. The van der Waals surface area contributed by atoms with Crippen LogP contribution in [0.3, 0.4) is 0 Å². The number of fused-ring (bicyclic) bond motifs is 1. The van der Waals surface area contributed by atoms with E-state index in [1.54, 1.807) is 19.3 Å². The molecule has 2 amide bonds. The number of carbonyl (C=O) groups excluding carboxylic acids is 3. The zero-order valence-corrected chi connectivity index (χ0v) is 20.7. The summed E-state index contributed by atoms with van der Waals surface area (Å²) in [5.74, 6) is 1.18. The third-order valence-electron chi connectivity index (χ3n) is 6.78. The summed E-state index contributed by atoms with van der Waals surface area (Å²) in [5, 5.41) is 2.34. The summed E-state index contributed by atoms with van der Waals surface area (Å²) in [6, 6.07) is 16.4. The number of nitrogens with one attached hydrogen (secondary N) is 1. The predicted octanol–water partition coefficient (Wildman–Crippen LogP) is 4.42. The van der Waals surface area contributed by atoms with Crippen molar-refractivity contribution in [2.75, 3.05) is 5.88 Å². The fraction of sp³-hybridized carbons (Fsp3) is 0.370. The molecule has 0 radical (unpaired) electrons. The third kappa shape index (κ3) is 5.54. The quantitative estimate of drug-likeness (QED) is 0.134. The molecule has 3 fully saturated rings.